The average Bonchev–Trinajstić information content (AvgIpc) is 2.41. The van der Waals surface area contributed by atoms with Gasteiger partial charge in [-0.3, -0.25) is 5.43 Å². The third kappa shape index (κ3) is 3.67. The van der Waals surface area contributed by atoms with Gasteiger partial charge in [0, 0.05) is 13.1 Å². The van der Waals surface area contributed by atoms with E-state index in [4.69, 9.17) is 5.11 Å². The van der Waals surface area contributed by atoms with Crippen LogP contribution in [0.2, 0.25) is 0 Å². The maximum atomic E-state index is 13.0. The summed E-state index contributed by atoms with van der Waals surface area (Å²) in [6, 6.07) is 2.68. The summed E-state index contributed by atoms with van der Waals surface area (Å²) >= 11 is 0. The highest BCUT2D eigenvalue weighted by atomic mass is 19.1. The maximum Gasteiger partial charge on any atom is 0.337 e. The smallest absolute Gasteiger partial charge is 0.337 e. The molecule has 20 heavy (non-hydrogen) atoms. The van der Waals surface area contributed by atoms with Crippen molar-refractivity contribution in [2.45, 2.75) is 19.3 Å². The van der Waals surface area contributed by atoms with Crippen LogP contribution in [0.1, 0.15) is 29.6 Å². The zero-order valence-electron chi connectivity index (χ0n) is 10.9. The normalized spacial score (nSPS) is 15.7. The lowest BCUT2D eigenvalue weighted by molar-refractivity contribution is 0.0697. The van der Waals surface area contributed by atoms with Gasteiger partial charge in [0.05, 0.1) is 11.3 Å². The highest BCUT2D eigenvalue weighted by molar-refractivity contribution is 5.99. The molecule has 7 heteroatoms. The molecule has 1 heterocycles. The molecule has 2 rings (SSSR count). The molecule has 3 N–H and O–H groups in total. The molecule has 1 aliphatic rings. The summed E-state index contributed by atoms with van der Waals surface area (Å²) in [5, 5.41) is 13.2. The summed E-state index contributed by atoms with van der Waals surface area (Å²) in [5.74, 6) is -1.96. The molecule has 0 unspecified atom stereocenters. The first-order valence-electron chi connectivity index (χ1n) is 6.41. The van der Waals surface area contributed by atoms with Crippen molar-refractivity contribution in [3.63, 3.8) is 0 Å². The molecular formula is C13H16FN3O3. The van der Waals surface area contributed by atoms with Gasteiger partial charge >= 0.3 is 12.0 Å². The van der Waals surface area contributed by atoms with Crippen LogP contribution in [0.5, 0.6) is 0 Å². The predicted octanol–water partition coefficient (Wildman–Crippen LogP) is 2.05. The molecule has 1 fully saturated rings. The molecule has 108 valence electrons. The Balaban J connectivity index is 2.01. The van der Waals surface area contributed by atoms with Gasteiger partial charge in [-0.25, -0.2) is 19.0 Å². The van der Waals surface area contributed by atoms with Gasteiger partial charge < -0.3 is 10.4 Å². The molecule has 0 radical (unpaired) electrons. The molecule has 1 aromatic rings. The first-order chi connectivity index (χ1) is 9.56. The SMILES string of the molecule is O=C(Nc1ccc(F)cc1C(=O)O)NN1CCCCC1. The Hall–Kier alpha value is -2.15. The van der Waals surface area contributed by atoms with Crippen LogP contribution in [0.4, 0.5) is 14.9 Å². The Morgan fingerprint density at radius 3 is 2.55 bits per heavy atom. The number of halogens is 1. The lowest BCUT2D eigenvalue weighted by Gasteiger charge is -2.26. The second-order valence-electron chi connectivity index (χ2n) is 4.61. The number of benzene rings is 1. The van der Waals surface area contributed by atoms with Crippen molar-refractivity contribution < 1.29 is 19.1 Å². The van der Waals surface area contributed by atoms with Gasteiger partial charge in [-0.05, 0) is 31.0 Å². The first-order valence-corrected chi connectivity index (χ1v) is 6.41. The quantitative estimate of drug-likeness (QED) is 0.792. The number of carboxylic acid groups (broad SMARTS) is 1. The van der Waals surface area contributed by atoms with Crippen LogP contribution in [0, 0.1) is 5.82 Å². The summed E-state index contributed by atoms with van der Waals surface area (Å²) in [5.41, 5.74) is 2.43. The zero-order chi connectivity index (χ0) is 14.5. The number of piperidine rings is 1. The number of rotatable bonds is 3. The number of anilines is 1. The number of hydrogen-bond acceptors (Lipinski definition) is 3. The Labute approximate surface area is 115 Å². The fourth-order valence-corrected chi connectivity index (χ4v) is 2.10. The highest BCUT2D eigenvalue weighted by Crippen LogP contribution is 2.17. The topological polar surface area (TPSA) is 81.7 Å². The van der Waals surface area contributed by atoms with Gasteiger partial charge in [0.15, 0.2) is 0 Å². The van der Waals surface area contributed by atoms with Gasteiger partial charge in [-0.15, -0.1) is 0 Å². The Morgan fingerprint density at radius 2 is 1.90 bits per heavy atom. The second kappa shape index (κ2) is 6.33. The van der Waals surface area contributed by atoms with Crippen LogP contribution in [-0.2, 0) is 0 Å². The lowest BCUT2D eigenvalue weighted by atomic mass is 10.1. The molecule has 1 aliphatic heterocycles. The second-order valence-corrected chi connectivity index (χ2v) is 4.61. The van der Waals surface area contributed by atoms with Gasteiger partial charge in [0.25, 0.3) is 0 Å². The van der Waals surface area contributed by atoms with Crippen molar-refractivity contribution in [2.75, 3.05) is 18.4 Å². The monoisotopic (exact) mass is 281 g/mol. The number of hydrazine groups is 1. The van der Waals surface area contributed by atoms with Gasteiger partial charge in [-0.1, -0.05) is 6.42 Å². The largest absolute Gasteiger partial charge is 0.478 e. The summed E-state index contributed by atoms with van der Waals surface area (Å²) in [6.45, 7) is 1.53. The number of carbonyl (C=O) groups excluding carboxylic acids is 1. The van der Waals surface area contributed by atoms with Crippen LogP contribution in [0.15, 0.2) is 18.2 Å². The molecule has 1 saturated heterocycles. The van der Waals surface area contributed by atoms with Crippen LogP contribution < -0.4 is 10.7 Å². The average molecular weight is 281 g/mol. The number of urea groups is 1. The number of carboxylic acids is 1. The van der Waals surface area contributed by atoms with Gasteiger partial charge in [0.2, 0.25) is 0 Å². The Morgan fingerprint density at radius 1 is 1.20 bits per heavy atom. The number of carbonyl (C=O) groups is 2. The Kier molecular flexibility index (Phi) is 4.52. The number of nitrogens with zero attached hydrogens (tertiary/aromatic N) is 1. The lowest BCUT2D eigenvalue weighted by Crippen LogP contribution is -2.46. The van der Waals surface area contributed by atoms with Gasteiger partial charge in [-0.2, -0.15) is 0 Å². The number of amides is 2. The zero-order valence-corrected chi connectivity index (χ0v) is 10.9. The van der Waals surface area contributed by atoms with E-state index in [1.165, 1.54) is 6.07 Å². The van der Waals surface area contributed by atoms with Crippen LogP contribution in [0.3, 0.4) is 0 Å². The molecule has 1 aromatic carbocycles. The van der Waals surface area contributed by atoms with Crippen LogP contribution in [0.25, 0.3) is 0 Å². The van der Waals surface area contributed by atoms with Crippen molar-refractivity contribution in [3.8, 4) is 0 Å². The minimum absolute atomic E-state index is 0.0633. The van der Waals surface area contributed by atoms with E-state index in [1.54, 1.807) is 5.01 Å². The predicted molar refractivity (Wildman–Crippen MR) is 70.9 cm³/mol. The van der Waals surface area contributed by atoms with E-state index in [0.29, 0.717) is 0 Å². The molecule has 0 saturated carbocycles. The highest BCUT2D eigenvalue weighted by Gasteiger charge is 2.16. The van der Waals surface area contributed by atoms with Gasteiger partial charge in [0.1, 0.15) is 5.82 Å². The van der Waals surface area contributed by atoms with Crippen molar-refractivity contribution in [1.29, 1.82) is 0 Å². The van der Waals surface area contributed by atoms with Crippen molar-refractivity contribution in [3.05, 3.63) is 29.6 Å². The van der Waals surface area contributed by atoms with Crippen LogP contribution in [-0.4, -0.2) is 35.2 Å². The van der Waals surface area contributed by atoms with E-state index in [1.807, 2.05) is 0 Å². The molecule has 0 aliphatic carbocycles. The van der Waals surface area contributed by atoms with E-state index in [-0.39, 0.29) is 11.3 Å². The minimum atomic E-state index is -1.29. The first kappa shape index (κ1) is 14.3. The fourth-order valence-electron chi connectivity index (χ4n) is 2.10. The standard InChI is InChI=1S/C13H16FN3O3/c14-9-4-5-11(10(8-9)12(18)19)15-13(20)16-17-6-2-1-3-7-17/h4-5,8H,1-3,6-7H2,(H,18,19)(H2,15,16,20). The summed E-state index contributed by atoms with van der Waals surface area (Å²) in [4.78, 5) is 22.8. The molecule has 0 aromatic heterocycles. The molecule has 0 atom stereocenters. The molecule has 0 spiro atoms. The van der Waals surface area contributed by atoms with Crippen LogP contribution >= 0.6 is 0 Å². The van der Waals surface area contributed by atoms with E-state index >= 15 is 0 Å². The third-order valence-corrected chi connectivity index (χ3v) is 3.08. The number of hydrogen-bond donors (Lipinski definition) is 3. The van der Waals surface area contributed by atoms with Crippen molar-refractivity contribution in [1.82, 2.24) is 10.4 Å². The third-order valence-electron chi connectivity index (χ3n) is 3.08. The number of nitrogens with one attached hydrogen (secondary N) is 2. The summed E-state index contributed by atoms with van der Waals surface area (Å²) in [7, 11) is 0. The van der Waals surface area contributed by atoms with Crippen molar-refractivity contribution in [2.24, 2.45) is 0 Å². The fraction of sp³-hybridized carbons (Fsp3) is 0.385. The van der Waals surface area contributed by atoms with E-state index < -0.39 is 17.8 Å². The molecule has 0 bridgehead atoms. The van der Waals surface area contributed by atoms with Crippen molar-refractivity contribution >= 4 is 17.7 Å². The maximum absolute atomic E-state index is 13.0. The molecule has 2 amide bonds. The molecule has 6 nitrogen and oxygen atoms in total. The Bertz CT molecular complexity index is 516. The number of aromatic carboxylic acids is 1. The van der Waals surface area contributed by atoms with E-state index in [2.05, 4.69) is 10.7 Å². The molecular weight excluding hydrogens is 265 g/mol. The van der Waals surface area contributed by atoms with E-state index in [0.717, 1.165) is 44.5 Å². The minimum Gasteiger partial charge on any atom is -0.478 e. The summed E-state index contributed by atoms with van der Waals surface area (Å²) < 4.78 is 13.0. The summed E-state index contributed by atoms with van der Waals surface area (Å²) in [6.07, 6.45) is 3.16. The van der Waals surface area contributed by atoms with E-state index in [9.17, 15) is 14.0 Å².